The van der Waals surface area contributed by atoms with Crippen LogP contribution >= 0.6 is 0 Å². The lowest BCUT2D eigenvalue weighted by molar-refractivity contribution is -0.150. The summed E-state index contributed by atoms with van der Waals surface area (Å²) in [5.41, 5.74) is -2.31. The first kappa shape index (κ1) is 17.3. The van der Waals surface area contributed by atoms with Crippen molar-refractivity contribution in [3.63, 3.8) is 0 Å². The fraction of sp³-hybridized carbons (Fsp3) is 0.909. The van der Waals surface area contributed by atoms with Crippen molar-refractivity contribution in [2.24, 2.45) is 5.41 Å². The van der Waals surface area contributed by atoms with Crippen LogP contribution in [0.25, 0.3) is 0 Å². The number of aliphatic carboxylic acids is 1. The molecule has 0 amide bonds. The highest BCUT2D eigenvalue weighted by atomic mass is 32.2. The predicted molar refractivity (Wildman–Crippen MR) is 70.5 cm³/mol. The van der Waals surface area contributed by atoms with Crippen LogP contribution in [0.15, 0.2) is 0 Å². The Bertz CT molecular complexity index is 397. The molecule has 0 bridgehead atoms. The van der Waals surface area contributed by atoms with E-state index in [0.29, 0.717) is 13.1 Å². The Kier molecular flexibility index (Phi) is 5.34. The maximum atomic E-state index is 12.1. The van der Waals surface area contributed by atoms with Gasteiger partial charge in [0.25, 0.3) is 10.2 Å². The Balaban J connectivity index is 5.27. The fourth-order valence-electron chi connectivity index (χ4n) is 1.35. The number of carbonyl (C=O) groups is 1. The van der Waals surface area contributed by atoms with Crippen LogP contribution in [-0.4, -0.2) is 42.4 Å². The van der Waals surface area contributed by atoms with Gasteiger partial charge in [-0.05, 0) is 27.7 Å². The normalized spacial score (nSPS) is 13.9. The summed E-state index contributed by atoms with van der Waals surface area (Å²) < 4.78 is 27.9. The third-order valence-corrected chi connectivity index (χ3v) is 5.49. The van der Waals surface area contributed by atoms with E-state index in [2.05, 4.69) is 4.72 Å². The van der Waals surface area contributed by atoms with E-state index >= 15 is 0 Å². The van der Waals surface area contributed by atoms with Gasteiger partial charge in [0.2, 0.25) is 0 Å². The van der Waals surface area contributed by atoms with Gasteiger partial charge in [0.1, 0.15) is 0 Å². The number of nitrogens with one attached hydrogen (secondary N) is 1. The van der Waals surface area contributed by atoms with Gasteiger partial charge in [-0.2, -0.15) is 17.4 Å². The van der Waals surface area contributed by atoms with E-state index in [1.807, 2.05) is 0 Å². The summed E-state index contributed by atoms with van der Waals surface area (Å²) in [5, 5.41) is 9.18. The minimum atomic E-state index is -3.68. The van der Waals surface area contributed by atoms with Crippen molar-refractivity contribution in [1.29, 1.82) is 0 Å². The number of carboxylic acid groups (broad SMARTS) is 1. The van der Waals surface area contributed by atoms with Crippen molar-refractivity contribution >= 4 is 16.2 Å². The van der Waals surface area contributed by atoms with Crippen LogP contribution in [0.5, 0.6) is 0 Å². The van der Waals surface area contributed by atoms with Crippen molar-refractivity contribution in [3.8, 4) is 0 Å². The maximum absolute atomic E-state index is 12.1. The maximum Gasteiger partial charge on any atom is 0.310 e. The summed E-state index contributed by atoms with van der Waals surface area (Å²) in [6, 6.07) is 0. The second-order valence-electron chi connectivity index (χ2n) is 5.25. The lowest BCUT2D eigenvalue weighted by Gasteiger charge is -2.39. The van der Waals surface area contributed by atoms with Crippen LogP contribution in [0.4, 0.5) is 0 Å². The van der Waals surface area contributed by atoms with Crippen LogP contribution in [0.3, 0.4) is 0 Å². The van der Waals surface area contributed by atoms with Crippen LogP contribution in [0.2, 0.25) is 0 Å². The van der Waals surface area contributed by atoms with Gasteiger partial charge < -0.3 is 5.11 Å². The van der Waals surface area contributed by atoms with E-state index in [1.54, 1.807) is 27.7 Å². The van der Waals surface area contributed by atoms with Gasteiger partial charge >= 0.3 is 5.97 Å². The molecule has 108 valence electrons. The van der Waals surface area contributed by atoms with Crippen LogP contribution < -0.4 is 4.72 Å². The van der Waals surface area contributed by atoms with Gasteiger partial charge in [0.15, 0.2) is 0 Å². The van der Waals surface area contributed by atoms with E-state index in [0.717, 1.165) is 0 Å². The molecule has 0 aliphatic rings. The molecule has 0 spiro atoms. The molecule has 7 heteroatoms. The third-order valence-electron chi connectivity index (χ3n) is 3.53. The van der Waals surface area contributed by atoms with Gasteiger partial charge in [-0.3, -0.25) is 4.79 Å². The summed E-state index contributed by atoms with van der Waals surface area (Å²) in [7, 11) is -3.68. The molecule has 0 radical (unpaired) electrons. The topological polar surface area (TPSA) is 86.7 Å². The Morgan fingerprint density at radius 1 is 1.17 bits per heavy atom. The zero-order valence-corrected chi connectivity index (χ0v) is 12.8. The molecule has 0 saturated carbocycles. The Morgan fingerprint density at radius 3 is 1.83 bits per heavy atom. The largest absolute Gasteiger partial charge is 0.481 e. The van der Waals surface area contributed by atoms with Crippen molar-refractivity contribution in [1.82, 2.24) is 9.03 Å². The summed E-state index contributed by atoms with van der Waals surface area (Å²) in [6.45, 7) is 10.3. The van der Waals surface area contributed by atoms with Crippen LogP contribution in [0.1, 0.15) is 41.5 Å². The number of rotatable bonds is 7. The molecular weight excluding hydrogens is 256 g/mol. The van der Waals surface area contributed by atoms with E-state index in [9.17, 15) is 18.3 Å². The van der Waals surface area contributed by atoms with Gasteiger partial charge in [-0.1, -0.05) is 13.8 Å². The summed E-state index contributed by atoms with van der Waals surface area (Å²) >= 11 is 0. The lowest BCUT2D eigenvalue weighted by atomic mass is 9.75. The highest BCUT2D eigenvalue weighted by Crippen LogP contribution is 2.31. The molecule has 0 heterocycles. The van der Waals surface area contributed by atoms with E-state index in [-0.39, 0.29) is 0 Å². The summed E-state index contributed by atoms with van der Waals surface area (Å²) in [4.78, 5) is 11.2. The molecule has 0 fully saturated rings. The van der Waals surface area contributed by atoms with Gasteiger partial charge in [-0.25, -0.2) is 0 Å². The standard InChI is InChI=1S/C11H24N2O4S/c1-7-13(8-2)18(16,17)12-11(5,6)10(3,4)9(14)15/h12H,7-8H2,1-6H3,(H,14,15). The smallest absolute Gasteiger partial charge is 0.310 e. The molecule has 0 atom stereocenters. The molecule has 0 saturated heterocycles. The molecule has 0 aromatic carbocycles. The van der Waals surface area contributed by atoms with E-state index < -0.39 is 27.1 Å². The minimum Gasteiger partial charge on any atom is -0.481 e. The zero-order chi connectivity index (χ0) is 14.8. The number of hydrogen-bond donors (Lipinski definition) is 2. The Morgan fingerprint density at radius 2 is 1.56 bits per heavy atom. The monoisotopic (exact) mass is 280 g/mol. The van der Waals surface area contributed by atoms with Crippen LogP contribution in [-0.2, 0) is 15.0 Å². The van der Waals surface area contributed by atoms with E-state index in [1.165, 1.54) is 18.2 Å². The number of carboxylic acids is 1. The molecule has 0 aliphatic carbocycles. The zero-order valence-electron chi connectivity index (χ0n) is 11.9. The molecule has 0 aromatic heterocycles. The highest BCUT2D eigenvalue weighted by Gasteiger charge is 2.46. The van der Waals surface area contributed by atoms with Crippen molar-refractivity contribution < 1.29 is 18.3 Å². The highest BCUT2D eigenvalue weighted by molar-refractivity contribution is 7.87. The molecule has 0 aromatic rings. The second-order valence-corrected chi connectivity index (χ2v) is 6.92. The van der Waals surface area contributed by atoms with E-state index in [4.69, 9.17) is 0 Å². The molecule has 0 aliphatic heterocycles. The third kappa shape index (κ3) is 3.43. The molecule has 2 N–H and O–H groups in total. The molecule has 0 unspecified atom stereocenters. The number of nitrogens with zero attached hydrogens (tertiary/aromatic N) is 1. The molecule has 18 heavy (non-hydrogen) atoms. The first-order chi connectivity index (χ1) is 7.92. The quantitative estimate of drug-likeness (QED) is 0.730. The van der Waals surface area contributed by atoms with Gasteiger partial charge in [0, 0.05) is 18.6 Å². The van der Waals surface area contributed by atoms with Crippen molar-refractivity contribution in [3.05, 3.63) is 0 Å². The Labute approximate surface area is 110 Å². The molecule has 0 rings (SSSR count). The number of hydrogen-bond acceptors (Lipinski definition) is 3. The van der Waals surface area contributed by atoms with Gasteiger partial charge in [0.05, 0.1) is 5.41 Å². The Hall–Kier alpha value is -0.660. The predicted octanol–water partition coefficient (Wildman–Crippen LogP) is 1.05. The SMILES string of the molecule is CCN(CC)S(=O)(=O)NC(C)(C)C(C)(C)C(=O)O. The van der Waals surface area contributed by atoms with Crippen LogP contribution in [0, 0.1) is 5.41 Å². The molecular formula is C11H24N2O4S. The summed E-state index contributed by atoms with van der Waals surface area (Å²) in [6.07, 6.45) is 0. The lowest BCUT2D eigenvalue weighted by Crippen LogP contribution is -2.59. The average Bonchev–Trinajstić information content (AvgIpc) is 2.16. The molecule has 6 nitrogen and oxygen atoms in total. The van der Waals surface area contributed by atoms with Crippen molar-refractivity contribution in [2.45, 2.75) is 47.1 Å². The van der Waals surface area contributed by atoms with Crippen molar-refractivity contribution in [2.75, 3.05) is 13.1 Å². The van der Waals surface area contributed by atoms with Gasteiger partial charge in [-0.15, -0.1) is 0 Å². The first-order valence-corrected chi connectivity index (χ1v) is 7.38. The average molecular weight is 280 g/mol. The fourth-order valence-corrected chi connectivity index (χ4v) is 3.05. The first-order valence-electron chi connectivity index (χ1n) is 5.94. The summed E-state index contributed by atoms with van der Waals surface area (Å²) in [5.74, 6) is -1.05. The second kappa shape index (κ2) is 5.54. The minimum absolute atomic E-state index is 0.343.